The molecule has 0 amide bonds. The summed E-state index contributed by atoms with van der Waals surface area (Å²) in [4.78, 5) is 10.9. The molecule has 0 saturated heterocycles. The van der Waals surface area contributed by atoms with Crippen molar-refractivity contribution in [1.29, 1.82) is 0 Å². The molecular formula is C11H11BrO3. The second kappa shape index (κ2) is 4.23. The summed E-state index contributed by atoms with van der Waals surface area (Å²) in [6.45, 7) is 0.614. The summed E-state index contributed by atoms with van der Waals surface area (Å²) in [5, 5.41) is 8.97. The van der Waals surface area contributed by atoms with Crippen molar-refractivity contribution < 1.29 is 14.6 Å². The zero-order chi connectivity index (χ0) is 10.8. The smallest absolute Gasteiger partial charge is 0.339 e. The Morgan fingerprint density at radius 1 is 1.53 bits per heavy atom. The van der Waals surface area contributed by atoms with Crippen LogP contribution < -0.4 is 4.74 Å². The van der Waals surface area contributed by atoms with Gasteiger partial charge in [0.2, 0.25) is 0 Å². The molecule has 4 heteroatoms. The number of hydrogen-bond acceptors (Lipinski definition) is 2. The number of para-hydroxylation sites is 1. The summed E-state index contributed by atoms with van der Waals surface area (Å²) in [7, 11) is 0. The number of benzene rings is 1. The Balaban J connectivity index is 2.20. The molecule has 0 unspecified atom stereocenters. The van der Waals surface area contributed by atoms with Gasteiger partial charge in [0.25, 0.3) is 0 Å². The Labute approximate surface area is 96.2 Å². The van der Waals surface area contributed by atoms with Gasteiger partial charge in [-0.1, -0.05) is 6.07 Å². The highest BCUT2D eigenvalue weighted by Crippen LogP contribution is 2.33. The zero-order valence-electron chi connectivity index (χ0n) is 8.07. The van der Waals surface area contributed by atoms with Gasteiger partial charge in [0.05, 0.1) is 11.1 Å². The van der Waals surface area contributed by atoms with Crippen molar-refractivity contribution in [1.82, 2.24) is 0 Å². The highest BCUT2D eigenvalue weighted by Gasteiger charge is 2.23. The predicted octanol–water partition coefficient (Wildman–Crippen LogP) is 2.94. The van der Waals surface area contributed by atoms with Crippen molar-refractivity contribution in [3.8, 4) is 5.75 Å². The molecule has 0 heterocycles. The highest BCUT2D eigenvalue weighted by atomic mass is 79.9. The molecule has 1 aromatic rings. The molecule has 0 radical (unpaired) electrons. The number of ether oxygens (including phenoxy) is 1. The fourth-order valence-electron chi connectivity index (χ4n) is 1.31. The molecule has 1 saturated carbocycles. The third-order valence-electron chi connectivity index (χ3n) is 2.36. The van der Waals surface area contributed by atoms with Gasteiger partial charge < -0.3 is 9.84 Å². The molecule has 3 nitrogen and oxygen atoms in total. The van der Waals surface area contributed by atoms with Crippen LogP contribution in [0.1, 0.15) is 23.2 Å². The van der Waals surface area contributed by atoms with Crippen molar-refractivity contribution in [2.45, 2.75) is 12.8 Å². The normalized spacial score (nSPS) is 15.0. The van der Waals surface area contributed by atoms with E-state index in [4.69, 9.17) is 9.84 Å². The Morgan fingerprint density at radius 3 is 2.87 bits per heavy atom. The summed E-state index contributed by atoms with van der Waals surface area (Å²) in [6.07, 6.45) is 2.37. The monoisotopic (exact) mass is 270 g/mol. The summed E-state index contributed by atoms with van der Waals surface area (Å²) in [6, 6.07) is 5.03. The maximum absolute atomic E-state index is 10.9. The average molecular weight is 271 g/mol. The molecule has 0 bridgehead atoms. The van der Waals surface area contributed by atoms with Gasteiger partial charge in [0.15, 0.2) is 0 Å². The maximum Gasteiger partial charge on any atom is 0.339 e. The summed E-state index contributed by atoms with van der Waals surface area (Å²) in [5.41, 5.74) is 0.213. The number of rotatable bonds is 4. The van der Waals surface area contributed by atoms with Crippen LogP contribution >= 0.6 is 15.9 Å². The molecule has 0 aliphatic heterocycles. The lowest BCUT2D eigenvalue weighted by molar-refractivity contribution is 0.0691. The number of carboxylic acids is 1. The molecule has 1 aliphatic carbocycles. The van der Waals surface area contributed by atoms with Gasteiger partial charge in [-0.05, 0) is 46.8 Å². The number of aromatic carboxylic acids is 1. The van der Waals surface area contributed by atoms with E-state index in [2.05, 4.69) is 15.9 Å². The number of halogens is 1. The Hall–Kier alpha value is -1.03. The molecule has 1 aliphatic rings. The van der Waals surface area contributed by atoms with Crippen molar-refractivity contribution in [2.24, 2.45) is 5.92 Å². The lowest BCUT2D eigenvalue weighted by Gasteiger charge is -2.10. The van der Waals surface area contributed by atoms with E-state index in [0.29, 0.717) is 22.7 Å². The Kier molecular flexibility index (Phi) is 2.95. The maximum atomic E-state index is 10.9. The topological polar surface area (TPSA) is 46.5 Å². The van der Waals surface area contributed by atoms with Crippen LogP contribution in [0.4, 0.5) is 0 Å². The van der Waals surface area contributed by atoms with Crippen LogP contribution in [0.5, 0.6) is 5.75 Å². The molecule has 1 N–H and O–H groups in total. The molecule has 1 fully saturated rings. The number of hydrogen-bond donors (Lipinski definition) is 1. The lowest BCUT2D eigenvalue weighted by Crippen LogP contribution is -2.06. The van der Waals surface area contributed by atoms with Crippen LogP contribution in [0.3, 0.4) is 0 Å². The fourth-order valence-corrected chi connectivity index (χ4v) is 1.79. The zero-order valence-corrected chi connectivity index (χ0v) is 9.66. The summed E-state index contributed by atoms with van der Waals surface area (Å²) >= 11 is 3.30. The molecule has 0 atom stereocenters. The standard InChI is InChI=1S/C11H11BrO3/c12-9-3-1-2-8(11(13)14)10(9)15-6-7-4-5-7/h1-3,7H,4-6H2,(H,13,14). The van der Waals surface area contributed by atoms with Crippen molar-refractivity contribution in [3.05, 3.63) is 28.2 Å². The minimum atomic E-state index is -0.956. The van der Waals surface area contributed by atoms with Crippen molar-refractivity contribution in [3.63, 3.8) is 0 Å². The summed E-state index contributed by atoms with van der Waals surface area (Å²) in [5.74, 6) is 0.0951. The molecule has 80 valence electrons. The van der Waals surface area contributed by atoms with E-state index in [0.717, 1.165) is 0 Å². The van der Waals surface area contributed by atoms with Crippen molar-refractivity contribution >= 4 is 21.9 Å². The van der Waals surface area contributed by atoms with Gasteiger partial charge in [-0.2, -0.15) is 0 Å². The van der Waals surface area contributed by atoms with E-state index in [1.54, 1.807) is 18.2 Å². The largest absolute Gasteiger partial charge is 0.491 e. The number of carbonyl (C=O) groups is 1. The van der Waals surface area contributed by atoms with E-state index in [-0.39, 0.29) is 5.56 Å². The van der Waals surface area contributed by atoms with Gasteiger partial charge in [-0.3, -0.25) is 0 Å². The molecule has 0 spiro atoms. The van der Waals surface area contributed by atoms with Crippen LogP contribution in [0.25, 0.3) is 0 Å². The first kappa shape index (κ1) is 10.5. The first-order chi connectivity index (χ1) is 7.18. The molecule has 0 aromatic heterocycles. The SMILES string of the molecule is O=C(O)c1cccc(Br)c1OCC1CC1. The Morgan fingerprint density at radius 2 is 2.27 bits per heavy atom. The van der Waals surface area contributed by atoms with Gasteiger partial charge >= 0.3 is 5.97 Å². The third kappa shape index (κ3) is 2.50. The quantitative estimate of drug-likeness (QED) is 0.915. The van der Waals surface area contributed by atoms with E-state index in [9.17, 15) is 4.79 Å². The third-order valence-corrected chi connectivity index (χ3v) is 2.98. The van der Waals surface area contributed by atoms with Crippen LogP contribution in [0.2, 0.25) is 0 Å². The second-order valence-electron chi connectivity index (χ2n) is 3.68. The highest BCUT2D eigenvalue weighted by molar-refractivity contribution is 9.10. The van der Waals surface area contributed by atoms with Crippen LogP contribution in [-0.2, 0) is 0 Å². The molecule has 15 heavy (non-hydrogen) atoms. The second-order valence-corrected chi connectivity index (χ2v) is 4.53. The van der Waals surface area contributed by atoms with Gasteiger partial charge in [-0.25, -0.2) is 4.79 Å². The van der Waals surface area contributed by atoms with E-state index in [1.807, 2.05) is 0 Å². The summed E-state index contributed by atoms with van der Waals surface area (Å²) < 4.78 is 6.22. The van der Waals surface area contributed by atoms with Gasteiger partial charge in [-0.15, -0.1) is 0 Å². The van der Waals surface area contributed by atoms with E-state index in [1.165, 1.54) is 12.8 Å². The number of carboxylic acid groups (broad SMARTS) is 1. The first-order valence-electron chi connectivity index (χ1n) is 4.83. The van der Waals surface area contributed by atoms with Crippen LogP contribution in [0.15, 0.2) is 22.7 Å². The van der Waals surface area contributed by atoms with Crippen LogP contribution in [0, 0.1) is 5.92 Å². The average Bonchev–Trinajstić information content (AvgIpc) is 2.99. The Bertz CT molecular complexity index is 385. The molecular weight excluding hydrogens is 260 g/mol. The van der Waals surface area contributed by atoms with Gasteiger partial charge in [0, 0.05) is 0 Å². The predicted molar refractivity (Wildman–Crippen MR) is 59.3 cm³/mol. The first-order valence-corrected chi connectivity index (χ1v) is 5.62. The van der Waals surface area contributed by atoms with Gasteiger partial charge in [0.1, 0.15) is 11.3 Å². The van der Waals surface area contributed by atoms with E-state index >= 15 is 0 Å². The minimum Gasteiger partial charge on any atom is -0.491 e. The van der Waals surface area contributed by atoms with E-state index < -0.39 is 5.97 Å². The van der Waals surface area contributed by atoms with Crippen LogP contribution in [-0.4, -0.2) is 17.7 Å². The molecule has 2 rings (SSSR count). The molecule has 1 aromatic carbocycles. The minimum absolute atomic E-state index is 0.213. The fraction of sp³-hybridized carbons (Fsp3) is 0.364. The lowest BCUT2D eigenvalue weighted by atomic mass is 10.2. The van der Waals surface area contributed by atoms with Crippen molar-refractivity contribution in [2.75, 3.05) is 6.61 Å².